The molecule has 30 heavy (non-hydrogen) atoms. The summed E-state index contributed by atoms with van der Waals surface area (Å²) in [5, 5.41) is 3.09. The SMILES string of the molecule is C[C@@]12CCCC#CCC[C@@H]3[C@H](OC(=O)[C@H]3CNCC(=O)OCc3ccccc3)[C@@H]1O2. The predicted molar refractivity (Wildman–Crippen MR) is 110 cm³/mol. The molecule has 1 aromatic rings. The Labute approximate surface area is 177 Å². The summed E-state index contributed by atoms with van der Waals surface area (Å²) in [6, 6.07) is 9.55. The number of carbonyl (C=O) groups is 2. The summed E-state index contributed by atoms with van der Waals surface area (Å²) in [5.74, 6) is 5.65. The van der Waals surface area contributed by atoms with E-state index < -0.39 is 0 Å². The van der Waals surface area contributed by atoms with Crippen LogP contribution in [-0.4, -0.2) is 42.8 Å². The average Bonchev–Trinajstić information content (AvgIpc) is 3.32. The quantitative estimate of drug-likeness (QED) is 0.441. The first kappa shape index (κ1) is 20.9. The van der Waals surface area contributed by atoms with Crippen molar-refractivity contribution >= 4 is 11.9 Å². The summed E-state index contributed by atoms with van der Waals surface area (Å²) in [7, 11) is 0. The van der Waals surface area contributed by atoms with Crippen molar-refractivity contribution in [2.75, 3.05) is 13.1 Å². The number of ether oxygens (including phenoxy) is 3. The lowest BCUT2D eigenvalue weighted by molar-refractivity contribution is -0.146. The van der Waals surface area contributed by atoms with Gasteiger partial charge < -0.3 is 19.5 Å². The Morgan fingerprint density at radius 3 is 2.90 bits per heavy atom. The van der Waals surface area contributed by atoms with E-state index in [2.05, 4.69) is 24.1 Å². The normalized spacial score (nSPS) is 32.5. The van der Waals surface area contributed by atoms with E-state index in [0.717, 1.165) is 37.7 Å². The summed E-state index contributed by atoms with van der Waals surface area (Å²) in [6.07, 6.45) is 4.10. The number of hydrogen-bond acceptors (Lipinski definition) is 6. The molecule has 0 amide bonds. The average molecular weight is 411 g/mol. The van der Waals surface area contributed by atoms with Crippen LogP contribution in [0.25, 0.3) is 0 Å². The second-order valence-corrected chi connectivity index (χ2v) is 8.55. The van der Waals surface area contributed by atoms with Crippen LogP contribution in [0.5, 0.6) is 0 Å². The van der Waals surface area contributed by atoms with Crippen molar-refractivity contribution in [3.05, 3.63) is 35.9 Å². The van der Waals surface area contributed by atoms with Gasteiger partial charge in [-0.2, -0.15) is 0 Å². The predicted octanol–water partition coefficient (Wildman–Crippen LogP) is 2.60. The molecule has 160 valence electrons. The van der Waals surface area contributed by atoms with Crippen LogP contribution < -0.4 is 5.32 Å². The van der Waals surface area contributed by atoms with Gasteiger partial charge in [-0.3, -0.25) is 9.59 Å². The van der Waals surface area contributed by atoms with Crippen LogP contribution in [0.3, 0.4) is 0 Å². The first-order chi connectivity index (χ1) is 14.6. The molecule has 2 saturated heterocycles. The maximum atomic E-state index is 12.6. The minimum Gasteiger partial charge on any atom is -0.460 e. The Hall–Kier alpha value is -2.36. The lowest BCUT2D eigenvalue weighted by Gasteiger charge is -2.20. The van der Waals surface area contributed by atoms with E-state index in [1.165, 1.54) is 0 Å². The Kier molecular flexibility index (Phi) is 6.40. The molecule has 0 bridgehead atoms. The van der Waals surface area contributed by atoms with Gasteiger partial charge in [-0.05, 0) is 31.7 Å². The molecule has 0 unspecified atom stereocenters. The molecule has 0 radical (unpaired) electrons. The van der Waals surface area contributed by atoms with E-state index in [9.17, 15) is 9.59 Å². The molecule has 1 aromatic carbocycles. The van der Waals surface area contributed by atoms with Gasteiger partial charge in [0.2, 0.25) is 0 Å². The molecule has 0 spiro atoms. The summed E-state index contributed by atoms with van der Waals surface area (Å²) in [5.41, 5.74) is 0.734. The van der Waals surface area contributed by atoms with Crippen LogP contribution >= 0.6 is 0 Å². The Morgan fingerprint density at radius 2 is 2.07 bits per heavy atom. The third-order valence-electron chi connectivity index (χ3n) is 6.31. The molecule has 0 aromatic heterocycles. The molecule has 6 nitrogen and oxygen atoms in total. The van der Waals surface area contributed by atoms with E-state index in [-0.39, 0.29) is 54.7 Å². The molecular formula is C24H29NO5. The first-order valence-electron chi connectivity index (χ1n) is 10.8. The van der Waals surface area contributed by atoms with Crippen molar-refractivity contribution in [3.63, 3.8) is 0 Å². The molecule has 0 saturated carbocycles. The van der Waals surface area contributed by atoms with Gasteiger partial charge >= 0.3 is 11.9 Å². The number of fused-ring (bicyclic) bond motifs is 3. The number of epoxide rings is 1. The maximum Gasteiger partial charge on any atom is 0.320 e. The van der Waals surface area contributed by atoms with E-state index in [1.807, 2.05) is 30.3 Å². The van der Waals surface area contributed by atoms with Crippen molar-refractivity contribution in [1.82, 2.24) is 5.32 Å². The maximum absolute atomic E-state index is 12.6. The number of hydrogen-bond donors (Lipinski definition) is 1. The van der Waals surface area contributed by atoms with E-state index in [1.54, 1.807) is 0 Å². The number of carbonyl (C=O) groups excluding carboxylic acids is 2. The lowest BCUT2D eigenvalue weighted by Crippen LogP contribution is -2.36. The number of nitrogens with one attached hydrogen (secondary N) is 1. The highest BCUT2D eigenvalue weighted by Crippen LogP contribution is 2.49. The fraction of sp³-hybridized carbons (Fsp3) is 0.583. The molecule has 1 aliphatic carbocycles. The second-order valence-electron chi connectivity index (χ2n) is 8.55. The second kappa shape index (κ2) is 9.20. The molecule has 2 heterocycles. The van der Waals surface area contributed by atoms with Gasteiger partial charge in [-0.25, -0.2) is 0 Å². The van der Waals surface area contributed by atoms with Crippen molar-refractivity contribution in [2.24, 2.45) is 11.8 Å². The molecule has 2 fully saturated rings. The number of benzene rings is 1. The van der Waals surface area contributed by atoms with Crippen molar-refractivity contribution in [3.8, 4) is 11.8 Å². The molecule has 2 aliphatic heterocycles. The van der Waals surface area contributed by atoms with Crippen LogP contribution in [0, 0.1) is 23.7 Å². The fourth-order valence-electron chi connectivity index (χ4n) is 4.53. The van der Waals surface area contributed by atoms with E-state index >= 15 is 0 Å². The fourth-order valence-corrected chi connectivity index (χ4v) is 4.53. The van der Waals surface area contributed by atoms with Crippen LogP contribution in [0.4, 0.5) is 0 Å². The number of esters is 2. The van der Waals surface area contributed by atoms with Gasteiger partial charge in [0.05, 0.1) is 18.1 Å². The molecule has 1 N–H and O–H groups in total. The smallest absolute Gasteiger partial charge is 0.320 e. The Bertz CT molecular complexity index is 829. The van der Waals surface area contributed by atoms with Crippen LogP contribution in [-0.2, 0) is 30.4 Å². The number of rotatable bonds is 6. The zero-order chi connectivity index (χ0) is 21.0. The van der Waals surface area contributed by atoms with Gasteiger partial charge in [-0.1, -0.05) is 30.3 Å². The summed E-state index contributed by atoms with van der Waals surface area (Å²) in [4.78, 5) is 24.6. The summed E-state index contributed by atoms with van der Waals surface area (Å²) >= 11 is 0. The molecular weight excluding hydrogens is 382 g/mol. The summed E-state index contributed by atoms with van der Waals surface area (Å²) < 4.78 is 17.0. The van der Waals surface area contributed by atoms with Gasteiger partial charge in [0.15, 0.2) is 0 Å². The highest BCUT2D eigenvalue weighted by Gasteiger charge is 2.62. The Balaban J connectivity index is 1.30. The van der Waals surface area contributed by atoms with Gasteiger partial charge in [0, 0.05) is 25.3 Å². The van der Waals surface area contributed by atoms with E-state index in [4.69, 9.17) is 14.2 Å². The minimum atomic E-state index is -0.340. The third kappa shape index (κ3) is 4.85. The third-order valence-corrected chi connectivity index (χ3v) is 6.31. The van der Waals surface area contributed by atoms with Crippen molar-refractivity contribution in [1.29, 1.82) is 0 Å². The summed E-state index contributed by atoms with van der Waals surface area (Å²) in [6.45, 7) is 2.79. The van der Waals surface area contributed by atoms with Crippen LogP contribution in [0.2, 0.25) is 0 Å². The minimum absolute atomic E-state index is 0.0367. The topological polar surface area (TPSA) is 77.2 Å². The molecule has 3 aliphatic rings. The van der Waals surface area contributed by atoms with E-state index in [0.29, 0.717) is 6.54 Å². The van der Waals surface area contributed by atoms with Crippen molar-refractivity contribution in [2.45, 2.75) is 63.4 Å². The van der Waals surface area contributed by atoms with Crippen LogP contribution in [0.1, 0.15) is 44.6 Å². The van der Waals surface area contributed by atoms with Gasteiger partial charge in [0.1, 0.15) is 18.8 Å². The largest absolute Gasteiger partial charge is 0.460 e. The molecule has 5 atom stereocenters. The Morgan fingerprint density at radius 1 is 1.27 bits per heavy atom. The first-order valence-corrected chi connectivity index (χ1v) is 10.8. The van der Waals surface area contributed by atoms with Gasteiger partial charge in [0.25, 0.3) is 0 Å². The zero-order valence-electron chi connectivity index (χ0n) is 17.4. The lowest BCUT2D eigenvalue weighted by atomic mass is 9.82. The monoisotopic (exact) mass is 411 g/mol. The van der Waals surface area contributed by atoms with Crippen molar-refractivity contribution < 1.29 is 23.8 Å². The standard InChI is InChI=1S/C24H29NO5/c1-24-13-9-4-2-3-8-12-18-19(23(27)29-21(18)22(24)30-24)14-25-15-20(26)28-16-17-10-6-5-7-11-17/h5-7,10-11,18-19,21-22,25H,4,8-9,12-16H2,1H3/t18-,19-,21-,22-,24+/m0/s1. The molecule has 6 heteroatoms. The van der Waals surface area contributed by atoms with Crippen LogP contribution in [0.15, 0.2) is 30.3 Å². The highest BCUT2D eigenvalue weighted by atomic mass is 16.6. The van der Waals surface area contributed by atoms with Gasteiger partial charge in [-0.15, -0.1) is 11.8 Å². The highest BCUT2D eigenvalue weighted by molar-refractivity contribution is 5.76. The molecule has 4 rings (SSSR count). The zero-order valence-corrected chi connectivity index (χ0v) is 17.4.